The van der Waals surface area contributed by atoms with E-state index >= 15 is 0 Å². The van der Waals surface area contributed by atoms with E-state index in [0.717, 1.165) is 35.5 Å². The van der Waals surface area contributed by atoms with Gasteiger partial charge in [-0.2, -0.15) is 0 Å². The summed E-state index contributed by atoms with van der Waals surface area (Å²) in [5, 5.41) is 0. The Balaban J connectivity index is 1.81. The lowest BCUT2D eigenvalue weighted by molar-refractivity contribution is -0.133. The fraction of sp³-hybridized carbons (Fsp3) is 0.375. The highest BCUT2D eigenvalue weighted by molar-refractivity contribution is 6.16. The topological polar surface area (TPSA) is 48.0 Å². The normalized spacial score (nSPS) is 14.4. The zero-order valence-electron chi connectivity index (χ0n) is 17.4. The monoisotopic (exact) mass is 395 g/mol. The van der Waals surface area contributed by atoms with Crippen LogP contribution >= 0.6 is 0 Å². The van der Waals surface area contributed by atoms with Gasteiger partial charge in [-0.15, -0.1) is 0 Å². The Morgan fingerprint density at radius 3 is 2.59 bits per heavy atom. The highest BCUT2D eigenvalue weighted by Crippen LogP contribution is 2.27. The van der Waals surface area contributed by atoms with Gasteiger partial charge in [0.15, 0.2) is 0 Å². The fourth-order valence-corrected chi connectivity index (χ4v) is 3.64. The minimum atomic E-state index is -0.441. The number of ether oxygens (including phenoxy) is 3. The van der Waals surface area contributed by atoms with Crippen LogP contribution in [0.25, 0.3) is 5.57 Å². The Morgan fingerprint density at radius 1 is 1.07 bits per heavy atom. The van der Waals surface area contributed by atoms with Gasteiger partial charge < -0.3 is 19.1 Å². The quantitative estimate of drug-likeness (QED) is 0.386. The van der Waals surface area contributed by atoms with Crippen LogP contribution in [0.15, 0.2) is 48.7 Å². The predicted octanol–water partition coefficient (Wildman–Crippen LogP) is 4.72. The summed E-state index contributed by atoms with van der Waals surface area (Å²) in [6, 6.07) is 14.1. The van der Waals surface area contributed by atoms with E-state index in [4.69, 9.17) is 14.2 Å². The molecule has 0 aliphatic carbocycles. The molecule has 5 heteroatoms. The molecule has 2 aromatic carbocycles. The molecule has 0 spiro atoms. The molecule has 5 nitrogen and oxygen atoms in total. The van der Waals surface area contributed by atoms with Crippen molar-refractivity contribution in [3.63, 3.8) is 0 Å². The lowest BCUT2D eigenvalue weighted by atomic mass is 9.99. The molecule has 0 bridgehead atoms. The van der Waals surface area contributed by atoms with E-state index in [2.05, 4.69) is 17.0 Å². The summed E-state index contributed by atoms with van der Waals surface area (Å²) in [6.45, 7) is 4.55. The molecule has 1 aliphatic heterocycles. The van der Waals surface area contributed by atoms with Gasteiger partial charge in [0.05, 0.1) is 20.5 Å². The fourth-order valence-electron chi connectivity index (χ4n) is 3.64. The standard InChI is InChI=1S/C24H29NO4/c1-18-10-11-22(23(17-27-2)24(26)28-3)19(14-18)16-29-21-9-7-8-20(15-21)25-12-5-4-6-13-25/h7-11,14-15,17H,4-6,12-13,16H2,1-3H3/b23-17+. The van der Waals surface area contributed by atoms with E-state index in [1.807, 2.05) is 37.3 Å². The van der Waals surface area contributed by atoms with Gasteiger partial charge >= 0.3 is 5.97 Å². The second-order valence-corrected chi connectivity index (χ2v) is 7.25. The van der Waals surface area contributed by atoms with Crippen molar-refractivity contribution >= 4 is 17.2 Å². The largest absolute Gasteiger partial charge is 0.503 e. The maximum atomic E-state index is 12.2. The number of rotatable bonds is 7. The number of aryl methyl sites for hydroxylation is 1. The third-order valence-electron chi connectivity index (χ3n) is 5.13. The summed E-state index contributed by atoms with van der Waals surface area (Å²) in [7, 11) is 2.88. The van der Waals surface area contributed by atoms with Crippen LogP contribution in [-0.2, 0) is 20.9 Å². The van der Waals surface area contributed by atoms with Crippen molar-refractivity contribution in [2.75, 3.05) is 32.2 Å². The molecule has 0 amide bonds. The summed E-state index contributed by atoms with van der Waals surface area (Å²) >= 11 is 0. The summed E-state index contributed by atoms with van der Waals surface area (Å²) < 4.78 is 16.1. The zero-order chi connectivity index (χ0) is 20.6. The van der Waals surface area contributed by atoms with Crippen LogP contribution in [0.4, 0.5) is 5.69 Å². The number of piperidine rings is 1. The van der Waals surface area contributed by atoms with E-state index in [-0.39, 0.29) is 0 Å². The summed E-state index contributed by atoms with van der Waals surface area (Å²) in [4.78, 5) is 14.6. The van der Waals surface area contributed by atoms with Crippen molar-refractivity contribution in [1.82, 2.24) is 0 Å². The minimum absolute atomic E-state index is 0.346. The molecule has 1 heterocycles. The first-order valence-corrected chi connectivity index (χ1v) is 10.0. The highest BCUT2D eigenvalue weighted by atomic mass is 16.5. The van der Waals surface area contributed by atoms with E-state index in [9.17, 15) is 4.79 Å². The van der Waals surface area contributed by atoms with Gasteiger partial charge in [0.2, 0.25) is 0 Å². The van der Waals surface area contributed by atoms with Crippen LogP contribution in [0, 0.1) is 6.92 Å². The molecule has 0 atom stereocenters. The molecule has 0 aromatic heterocycles. The Hall–Kier alpha value is -2.95. The van der Waals surface area contributed by atoms with Gasteiger partial charge in [0.1, 0.15) is 17.9 Å². The summed E-state index contributed by atoms with van der Waals surface area (Å²) in [5.74, 6) is 0.375. The van der Waals surface area contributed by atoms with E-state index in [1.54, 1.807) is 0 Å². The van der Waals surface area contributed by atoms with E-state index in [0.29, 0.717) is 12.2 Å². The number of hydrogen-bond donors (Lipinski definition) is 0. The van der Waals surface area contributed by atoms with Crippen molar-refractivity contribution in [3.05, 3.63) is 65.4 Å². The van der Waals surface area contributed by atoms with Crippen molar-refractivity contribution < 1.29 is 19.0 Å². The molecule has 1 fully saturated rings. The first kappa shape index (κ1) is 20.8. The lowest BCUT2D eigenvalue weighted by Crippen LogP contribution is -2.29. The smallest absolute Gasteiger partial charge is 0.341 e. The first-order valence-electron chi connectivity index (χ1n) is 10.0. The van der Waals surface area contributed by atoms with Gasteiger partial charge in [0, 0.05) is 24.8 Å². The van der Waals surface area contributed by atoms with Gasteiger partial charge in [-0.3, -0.25) is 0 Å². The van der Waals surface area contributed by atoms with Crippen LogP contribution in [0.5, 0.6) is 5.75 Å². The minimum Gasteiger partial charge on any atom is -0.503 e. The molecule has 0 N–H and O–H groups in total. The number of carbonyl (C=O) groups excluding carboxylic acids is 1. The SMILES string of the molecule is CO/C=C(/C(=O)OC)c1ccc(C)cc1COc1cccc(N2CCCCC2)c1. The molecule has 0 saturated carbocycles. The first-order chi connectivity index (χ1) is 14.1. The number of hydrogen-bond acceptors (Lipinski definition) is 5. The Bertz CT molecular complexity index is 869. The summed E-state index contributed by atoms with van der Waals surface area (Å²) in [5.41, 5.74) is 4.31. The number of carbonyl (C=O) groups is 1. The van der Waals surface area contributed by atoms with Crippen LogP contribution in [0.3, 0.4) is 0 Å². The number of methoxy groups -OCH3 is 2. The van der Waals surface area contributed by atoms with Crippen LogP contribution in [0.2, 0.25) is 0 Å². The van der Waals surface area contributed by atoms with Gasteiger partial charge in [-0.25, -0.2) is 4.79 Å². The Morgan fingerprint density at radius 2 is 1.86 bits per heavy atom. The highest BCUT2D eigenvalue weighted by Gasteiger charge is 2.18. The van der Waals surface area contributed by atoms with Crippen LogP contribution in [0.1, 0.15) is 36.0 Å². The van der Waals surface area contributed by atoms with Gasteiger partial charge in [-0.05, 0) is 49.4 Å². The van der Waals surface area contributed by atoms with Crippen LogP contribution < -0.4 is 9.64 Å². The second-order valence-electron chi connectivity index (χ2n) is 7.25. The van der Waals surface area contributed by atoms with Crippen molar-refractivity contribution in [3.8, 4) is 5.75 Å². The number of benzene rings is 2. The maximum absolute atomic E-state index is 12.2. The molecular formula is C24H29NO4. The average Bonchev–Trinajstić information content (AvgIpc) is 2.77. The Labute approximate surface area is 172 Å². The number of nitrogens with zero attached hydrogens (tertiary/aromatic N) is 1. The van der Waals surface area contributed by atoms with E-state index < -0.39 is 5.97 Å². The molecule has 1 aliphatic rings. The average molecular weight is 395 g/mol. The molecular weight excluding hydrogens is 366 g/mol. The molecule has 3 rings (SSSR count). The molecule has 0 radical (unpaired) electrons. The van der Waals surface area contributed by atoms with Crippen LogP contribution in [-0.4, -0.2) is 33.3 Å². The third-order valence-corrected chi connectivity index (χ3v) is 5.13. The predicted molar refractivity (Wildman–Crippen MR) is 115 cm³/mol. The van der Waals surface area contributed by atoms with Crippen molar-refractivity contribution in [2.45, 2.75) is 32.8 Å². The number of esters is 1. The van der Waals surface area contributed by atoms with Gasteiger partial charge in [-0.1, -0.05) is 29.8 Å². The molecule has 154 valence electrons. The van der Waals surface area contributed by atoms with Crippen molar-refractivity contribution in [2.24, 2.45) is 0 Å². The zero-order valence-corrected chi connectivity index (χ0v) is 17.4. The third kappa shape index (κ3) is 5.31. The van der Waals surface area contributed by atoms with E-state index in [1.165, 1.54) is 45.4 Å². The Kier molecular flexibility index (Phi) is 7.17. The second kappa shape index (κ2) is 10.0. The molecule has 1 saturated heterocycles. The molecule has 29 heavy (non-hydrogen) atoms. The maximum Gasteiger partial charge on any atom is 0.341 e. The molecule has 0 unspecified atom stereocenters. The molecule has 2 aromatic rings. The lowest BCUT2D eigenvalue weighted by Gasteiger charge is -2.29. The number of anilines is 1. The summed E-state index contributed by atoms with van der Waals surface area (Å²) in [6.07, 6.45) is 5.19. The van der Waals surface area contributed by atoms with Crippen molar-refractivity contribution in [1.29, 1.82) is 0 Å². The van der Waals surface area contributed by atoms with Gasteiger partial charge in [0.25, 0.3) is 0 Å².